The molecule has 0 aromatic rings. The van der Waals surface area contributed by atoms with Crippen LogP contribution in [0.4, 0.5) is 0 Å². The van der Waals surface area contributed by atoms with Crippen LogP contribution < -0.4 is 5.32 Å². The van der Waals surface area contributed by atoms with Crippen LogP contribution >= 0.6 is 0 Å². The molecule has 19 heavy (non-hydrogen) atoms. The molecule has 1 aliphatic heterocycles. The van der Waals surface area contributed by atoms with Crippen LogP contribution in [0, 0.1) is 5.92 Å². The van der Waals surface area contributed by atoms with Gasteiger partial charge in [-0.3, -0.25) is 9.69 Å². The molecule has 1 heterocycles. The summed E-state index contributed by atoms with van der Waals surface area (Å²) in [6.45, 7) is 17.2. The molecule has 3 heteroatoms. The van der Waals surface area contributed by atoms with E-state index in [1.165, 1.54) is 5.57 Å². The lowest BCUT2D eigenvalue weighted by Gasteiger charge is -2.29. The molecule has 0 spiro atoms. The van der Waals surface area contributed by atoms with Gasteiger partial charge in [0.15, 0.2) is 0 Å². The van der Waals surface area contributed by atoms with Crippen LogP contribution in [0.1, 0.15) is 61.8 Å². The van der Waals surface area contributed by atoms with Gasteiger partial charge in [0.05, 0.1) is 6.04 Å². The zero-order chi connectivity index (χ0) is 15.6. The topological polar surface area (TPSA) is 32.3 Å². The normalized spacial score (nSPS) is 21.3. The van der Waals surface area contributed by atoms with Crippen LogP contribution in [0.3, 0.4) is 0 Å². The number of likely N-dealkylation sites (N-methyl/N-ethyl adjacent to an activating group) is 1. The SMILES string of the molecule is CC.CC.CCC(C)C1C(=O)NC(C)=C(C)CN1C. The van der Waals surface area contributed by atoms with Gasteiger partial charge in [0.1, 0.15) is 0 Å². The molecule has 0 saturated carbocycles. The fraction of sp³-hybridized carbons (Fsp3) is 0.812. The summed E-state index contributed by atoms with van der Waals surface area (Å²) in [5.74, 6) is 0.537. The Morgan fingerprint density at radius 1 is 1.26 bits per heavy atom. The average molecular weight is 270 g/mol. The van der Waals surface area contributed by atoms with Crippen molar-refractivity contribution < 1.29 is 4.79 Å². The molecule has 0 aliphatic carbocycles. The van der Waals surface area contributed by atoms with Gasteiger partial charge >= 0.3 is 0 Å². The molecule has 2 atom stereocenters. The highest BCUT2D eigenvalue weighted by molar-refractivity contribution is 5.84. The Morgan fingerprint density at radius 2 is 1.74 bits per heavy atom. The van der Waals surface area contributed by atoms with Crippen molar-refractivity contribution in [2.24, 2.45) is 5.92 Å². The van der Waals surface area contributed by atoms with E-state index in [2.05, 4.69) is 31.0 Å². The summed E-state index contributed by atoms with van der Waals surface area (Å²) < 4.78 is 0. The van der Waals surface area contributed by atoms with Crippen molar-refractivity contribution in [3.8, 4) is 0 Å². The molecule has 0 saturated heterocycles. The third-order valence-electron chi connectivity index (χ3n) is 3.36. The molecule has 0 radical (unpaired) electrons. The van der Waals surface area contributed by atoms with Gasteiger partial charge in [-0.1, -0.05) is 48.0 Å². The van der Waals surface area contributed by atoms with Crippen LogP contribution in [-0.2, 0) is 4.79 Å². The number of allylic oxidation sites excluding steroid dienone is 1. The molecule has 2 unspecified atom stereocenters. The van der Waals surface area contributed by atoms with E-state index >= 15 is 0 Å². The first-order valence-corrected chi connectivity index (χ1v) is 7.64. The fourth-order valence-electron chi connectivity index (χ4n) is 2.07. The maximum Gasteiger partial charge on any atom is 0.241 e. The summed E-state index contributed by atoms with van der Waals surface area (Å²) in [4.78, 5) is 14.1. The van der Waals surface area contributed by atoms with Crippen LogP contribution in [0.15, 0.2) is 11.3 Å². The molecule has 1 rings (SSSR count). The maximum atomic E-state index is 12.0. The highest BCUT2D eigenvalue weighted by Gasteiger charge is 2.30. The summed E-state index contributed by atoms with van der Waals surface area (Å²) in [5.41, 5.74) is 2.26. The maximum absolute atomic E-state index is 12.0. The van der Waals surface area contributed by atoms with Crippen molar-refractivity contribution in [3.05, 3.63) is 11.3 Å². The Morgan fingerprint density at radius 3 is 2.16 bits per heavy atom. The number of rotatable bonds is 2. The number of hydrogen-bond donors (Lipinski definition) is 1. The average Bonchev–Trinajstić information content (AvgIpc) is 2.51. The quantitative estimate of drug-likeness (QED) is 0.827. The largest absolute Gasteiger partial charge is 0.329 e. The van der Waals surface area contributed by atoms with Gasteiger partial charge in [0, 0.05) is 12.2 Å². The monoisotopic (exact) mass is 270 g/mol. The van der Waals surface area contributed by atoms with Crippen LogP contribution in [0.25, 0.3) is 0 Å². The molecule has 0 fully saturated rings. The van der Waals surface area contributed by atoms with E-state index in [1.807, 2.05) is 41.7 Å². The minimum atomic E-state index is 0.00222. The lowest BCUT2D eigenvalue weighted by atomic mass is 9.97. The molecule has 0 aromatic carbocycles. The Kier molecular flexibility index (Phi) is 11.9. The summed E-state index contributed by atoms with van der Waals surface area (Å²) in [6, 6.07) is 0.00222. The summed E-state index contributed by atoms with van der Waals surface area (Å²) in [5, 5.41) is 2.99. The first-order valence-electron chi connectivity index (χ1n) is 7.64. The van der Waals surface area contributed by atoms with Gasteiger partial charge in [-0.05, 0) is 32.4 Å². The van der Waals surface area contributed by atoms with E-state index in [0.717, 1.165) is 18.7 Å². The van der Waals surface area contributed by atoms with Crippen molar-refractivity contribution >= 4 is 5.91 Å². The van der Waals surface area contributed by atoms with E-state index in [0.29, 0.717) is 5.92 Å². The molecule has 1 aliphatic rings. The van der Waals surface area contributed by atoms with Gasteiger partial charge in [0.2, 0.25) is 5.91 Å². The second kappa shape index (κ2) is 11.0. The number of nitrogens with one attached hydrogen (secondary N) is 1. The summed E-state index contributed by atoms with van der Waals surface area (Å²) in [7, 11) is 2.03. The van der Waals surface area contributed by atoms with Crippen LogP contribution in [0.2, 0.25) is 0 Å². The molecule has 0 bridgehead atoms. The smallest absolute Gasteiger partial charge is 0.241 e. The second-order valence-corrected chi connectivity index (χ2v) is 4.64. The zero-order valence-corrected chi connectivity index (χ0v) is 14.4. The van der Waals surface area contributed by atoms with Crippen molar-refractivity contribution in [2.45, 2.75) is 67.9 Å². The number of nitrogens with zero attached hydrogens (tertiary/aromatic N) is 1. The Balaban J connectivity index is 0. The zero-order valence-electron chi connectivity index (χ0n) is 14.4. The predicted molar refractivity (Wildman–Crippen MR) is 85.1 cm³/mol. The van der Waals surface area contributed by atoms with E-state index in [9.17, 15) is 4.79 Å². The molecular weight excluding hydrogens is 236 g/mol. The van der Waals surface area contributed by atoms with Gasteiger partial charge in [0.25, 0.3) is 0 Å². The molecule has 0 aromatic heterocycles. The van der Waals surface area contributed by atoms with Crippen molar-refractivity contribution in [1.82, 2.24) is 10.2 Å². The van der Waals surface area contributed by atoms with Gasteiger partial charge in [-0.2, -0.15) is 0 Å². The number of carbonyl (C=O) groups is 1. The standard InChI is InChI=1S/C12H22N2O.2C2H6/c1-6-8(2)11-12(15)13-10(4)9(3)7-14(11)5;2*1-2/h8,11H,6-7H2,1-5H3,(H,13,15);2*1-2H3. The van der Waals surface area contributed by atoms with Gasteiger partial charge in [-0.15, -0.1) is 0 Å². The van der Waals surface area contributed by atoms with E-state index in [4.69, 9.17) is 0 Å². The molecule has 114 valence electrons. The summed E-state index contributed by atoms with van der Waals surface area (Å²) >= 11 is 0. The van der Waals surface area contributed by atoms with Crippen LogP contribution in [0.5, 0.6) is 0 Å². The highest BCUT2D eigenvalue weighted by atomic mass is 16.2. The second-order valence-electron chi connectivity index (χ2n) is 4.64. The fourth-order valence-corrected chi connectivity index (χ4v) is 2.07. The minimum absolute atomic E-state index is 0.00222. The molecule has 1 N–H and O–H groups in total. The Hall–Kier alpha value is -0.830. The van der Waals surface area contributed by atoms with Crippen molar-refractivity contribution in [3.63, 3.8) is 0 Å². The van der Waals surface area contributed by atoms with Crippen molar-refractivity contribution in [1.29, 1.82) is 0 Å². The highest BCUT2D eigenvalue weighted by Crippen LogP contribution is 2.18. The first-order chi connectivity index (χ1) is 8.97. The lowest BCUT2D eigenvalue weighted by Crippen LogP contribution is -2.46. The number of carbonyl (C=O) groups excluding carboxylic acids is 1. The van der Waals surface area contributed by atoms with E-state index in [-0.39, 0.29) is 11.9 Å². The van der Waals surface area contributed by atoms with Gasteiger partial charge < -0.3 is 5.32 Å². The Bertz CT molecular complexity index is 284. The molecular formula is C16H34N2O. The predicted octanol–water partition coefficient (Wildman–Crippen LogP) is 3.81. The van der Waals surface area contributed by atoms with E-state index in [1.54, 1.807) is 0 Å². The Labute approximate surface area is 120 Å². The van der Waals surface area contributed by atoms with Crippen molar-refractivity contribution in [2.75, 3.05) is 13.6 Å². The minimum Gasteiger partial charge on any atom is -0.329 e. The third-order valence-corrected chi connectivity index (χ3v) is 3.36. The number of amides is 1. The van der Waals surface area contributed by atoms with E-state index < -0.39 is 0 Å². The molecule has 1 amide bonds. The molecule has 3 nitrogen and oxygen atoms in total. The third kappa shape index (κ3) is 6.24. The van der Waals surface area contributed by atoms with Crippen LogP contribution in [-0.4, -0.2) is 30.4 Å². The summed E-state index contributed by atoms with van der Waals surface area (Å²) in [6.07, 6.45) is 1.03. The van der Waals surface area contributed by atoms with Gasteiger partial charge in [-0.25, -0.2) is 0 Å². The number of hydrogen-bond acceptors (Lipinski definition) is 2. The lowest BCUT2D eigenvalue weighted by molar-refractivity contribution is -0.126. The first kappa shape index (κ1) is 20.5.